The Morgan fingerprint density at radius 3 is 0.312 bits per heavy atom. The van der Waals surface area contributed by atoms with Gasteiger partial charge in [-0.1, -0.05) is 0 Å². The van der Waals surface area contributed by atoms with Crippen LogP contribution < -0.4 is 59.1 Å². The second kappa shape index (κ2) is 4.39. The van der Waals surface area contributed by atoms with E-state index in [4.69, 9.17) is 0 Å². The normalized spacial score (nSPS) is 20.2. The molecule has 96 valence electrons. The molecule has 0 spiro atoms. The average molecular weight is 424 g/mol. The maximum absolute atomic E-state index is 11.1. The molecular formula is As2F12Na2. The summed E-state index contributed by atoms with van der Waals surface area (Å²) in [4.78, 5) is 0. The van der Waals surface area contributed by atoms with Gasteiger partial charge in [-0.05, 0) is 0 Å². The fourth-order valence-corrected chi connectivity index (χ4v) is 0. The Bertz CT molecular complexity index is 164. The van der Waals surface area contributed by atoms with Crippen LogP contribution in [0, 0.1) is 0 Å². The van der Waals surface area contributed by atoms with Crippen LogP contribution in [0.5, 0.6) is 0 Å². The summed E-state index contributed by atoms with van der Waals surface area (Å²) in [6.07, 6.45) is 0. The van der Waals surface area contributed by atoms with Crippen LogP contribution in [0.2, 0.25) is 0 Å². The molecule has 0 rings (SSSR count). The minimum absolute atomic E-state index is 0. The van der Waals surface area contributed by atoms with Gasteiger partial charge in [-0.3, -0.25) is 0 Å². The van der Waals surface area contributed by atoms with Gasteiger partial charge in [-0.25, -0.2) is 0 Å². The molecule has 0 radical (unpaired) electrons. The Labute approximate surface area is 127 Å². The monoisotopic (exact) mass is 424 g/mol. The SMILES string of the molecule is F[As-](F)(F)(F)(F)F.F[As-](F)(F)(F)(F)F.[Na+].[Na+]. The van der Waals surface area contributed by atoms with Gasteiger partial charge in [-0.2, -0.15) is 0 Å². The second-order valence-corrected chi connectivity index (χ2v) is 9.96. The molecule has 0 heterocycles. The third-order valence-electron chi connectivity index (χ3n) is 0. The molecule has 0 nitrogen and oxygen atoms in total. The first-order valence-electron chi connectivity index (χ1n) is 2.03. The number of rotatable bonds is 0. The van der Waals surface area contributed by atoms with Crippen molar-refractivity contribution < 1.29 is 101 Å². The van der Waals surface area contributed by atoms with Crippen LogP contribution in [0.4, 0.5) is 41.6 Å². The zero-order chi connectivity index (χ0) is 12.8. The fourth-order valence-electron chi connectivity index (χ4n) is 0. The maximum atomic E-state index is 9.91. The molecular weight excluding hydrogens is 424 g/mol. The molecule has 0 N–H and O–H groups in total. The van der Waals surface area contributed by atoms with Gasteiger partial charge in [0.1, 0.15) is 0 Å². The smallest absolute Gasteiger partial charge is 1.00 e. The van der Waals surface area contributed by atoms with Crippen molar-refractivity contribution in [2.45, 2.75) is 0 Å². The number of hydrogen-bond acceptors (Lipinski definition) is 0. The second-order valence-electron chi connectivity index (χ2n) is 1.92. The molecule has 0 aliphatic heterocycles. The summed E-state index contributed by atoms with van der Waals surface area (Å²) in [5.41, 5.74) is 0. The maximum Gasteiger partial charge on any atom is 1.00 e. The first-order chi connectivity index (χ1) is 4.90. The molecule has 0 aromatic heterocycles. The molecule has 0 saturated carbocycles. The minimum Gasteiger partial charge on any atom is 1.00 e. The Morgan fingerprint density at radius 1 is 0.312 bits per heavy atom. The third-order valence-corrected chi connectivity index (χ3v) is 0. The molecule has 16 heteroatoms. The Morgan fingerprint density at radius 2 is 0.312 bits per heavy atom. The van der Waals surface area contributed by atoms with E-state index in [2.05, 4.69) is 0 Å². The summed E-state index contributed by atoms with van der Waals surface area (Å²) in [6.45, 7) is 0. The van der Waals surface area contributed by atoms with Gasteiger partial charge in [0.25, 0.3) is 0 Å². The topological polar surface area (TPSA) is 0 Å². The predicted molar refractivity (Wildman–Crippen MR) is 24.8 cm³/mol. The number of hydrogen-bond donors (Lipinski definition) is 0. The van der Waals surface area contributed by atoms with E-state index in [0.29, 0.717) is 0 Å². The van der Waals surface area contributed by atoms with E-state index in [9.17, 15) is 41.6 Å². The van der Waals surface area contributed by atoms with Gasteiger partial charge in [0.15, 0.2) is 0 Å². The summed E-state index contributed by atoms with van der Waals surface area (Å²) in [6, 6.07) is 0. The van der Waals surface area contributed by atoms with Crippen molar-refractivity contribution in [3.63, 3.8) is 0 Å². The largest absolute Gasteiger partial charge is 1.00 e. The van der Waals surface area contributed by atoms with E-state index in [1.54, 1.807) is 0 Å². The third kappa shape index (κ3) is 733. The van der Waals surface area contributed by atoms with Crippen LogP contribution in [0.3, 0.4) is 0 Å². The van der Waals surface area contributed by atoms with Gasteiger partial charge in [0.05, 0.1) is 0 Å². The van der Waals surface area contributed by atoms with Crippen molar-refractivity contribution in [1.82, 2.24) is 0 Å². The quantitative estimate of drug-likeness (QED) is 0.322. The summed E-state index contributed by atoms with van der Waals surface area (Å²) in [5, 5.41) is 0. The zero-order valence-corrected chi connectivity index (χ0v) is 15.2. The predicted octanol–water partition coefficient (Wildman–Crippen LogP) is -1.71. The standard InChI is InChI=1S/2AsF6.2Na/c2*2-1(3,4,5,6)7;;/q2*-1;2*+1. The van der Waals surface area contributed by atoms with E-state index in [1.807, 2.05) is 0 Å². The molecule has 0 atom stereocenters. The summed E-state index contributed by atoms with van der Waals surface area (Å²) < 4.78 is 119. The molecule has 0 bridgehead atoms. The van der Waals surface area contributed by atoms with E-state index in [-0.39, 0.29) is 59.1 Å². The summed E-state index contributed by atoms with van der Waals surface area (Å²) >= 11 is -22.1. The van der Waals surface area contributed by atoms with Gasteiger partial charge in [0, 0.05) is 0 Å². The Hall–Kier alpha value is 2.28. The molecule has 0 aromatic carbocycles. The number of halogens is 12. The van der Waals surface area contributed by atoms with Crippen molar-refractivity contribution in [3.8, 4) is 0 Å². The van der Waals surface area contributed by atoms with Gasteiger partial charge in [0.2, 0.25) is 0 Å². The van der Waals surface area contributed by atoms with Crippen molar-refractivity contribution in [2.24, 2.45) is 0 Å². The molecule has 0 unspecified atom stereocenters. The van der Waals surface area contributed by atoms with Crippen LogP contribution in [0.15, 0.2) is 0 Å². The molecule has 0 saturated heterocycles. The Kier molecular flexibility index (Phi) is 7.35. The summed E-state index contributed by atoms with van der Waals surface area (Å²) in [5.74, 6) is 0. The van der Waals surface area contributed by atoms with Crippen molar-refractivity contribution in [3.05, 3.63) is 0 Å². The van der Waals surface area contributed by atoms with Crippen LogP contribution in [0.1, 0.15) is 0 Å². The van der Waals surface area contributed by atoms with Crippen LogP contribution in [0.25, 0.3) is 0 Å². The van der Waals surface area contributed by atoms with E-state index in [0.717, 1.165) is 0 Å². The molecule has 0 aliphatic carbocycles. The first kappa shape index (κ1) is 26.8. The van der Waals surface area contributed by atoms with Crippen molar-refractivity contribution in [2.75, 3.05) is 0 Å². The minimum atomic E-state index is -11.1. The summed E-state index contributed by atoms with van der Waals surface area (Å²) in [7, 11) is 0. The van der Waals surface area contributed by atoms with Gasteiger partial charge < -0.3 is 0 Å². The van der Waals surface area contributed by atoms with Crippen molar-refractivity contribution in [1.29, 1.82) is 0 Å². The molecule has 0 aliphatic rings. The van der Waals surface area contributed by atoms with E-state index in [1.165, 1.54) is 0 Å². The average Bonchev–Trinajstić information content (AvgIpc) is 0.938. The van der Waals surface area contributed by atoms with Crippen LogP contribution >= 0.6 is 0 Å². The zero-order valence-electron chi connectivity index (χ0n) is 7.43. The van der Waals surface area contributed by atoms with Crippen LogP contribution in [-0.4, -0.2) is 28.3 Å². The van der Waals surface area contributed by atoms with Crippen molar-refractivity contribution >= 4 is 28.3 Å². The first-order valence-corrected chi connectivity index (χ1v) is 10.5. The van der Waals surface area contributed by atoms with Gasteiger partial charge in [-0.15, -0.1) is 0 Å². The molecule has 0 aromatic rings. The van der Waals surface area contributed by atoms with E-state index >= 15 is 0 Å². The Balaban J connectivity index is -0.0000000800. The van der Waals surface area contributed by atoms with Crippen LogP contribution in [-0.2, 0) is 0 Å². The molecule has 0 amide bonds. The molecule has 0 fully saturated rings. The van der Waals surface area contributed by atoms with Gasteiger partial charge >= 0.3 is 129 Å². The van der Waals surface area contributed by atoms with E-state index < -0.39 is 28.3 Å². The molecule has 16 heavy (non-hydrogen) atoms. The fraction of sp³-hybridized carbons (Fsp3) is 0.